The van der Waals surface area contributed by atoms with Gasteiger partial charge in [0.15, 0.2) is 0 Å². The lowest BCUT2D eigenvalue weighted by atomic mass is 10.0. The molecule has 1 amide bonds. The van der Waals surface area contributed by atoms with Crippen LogP contribution >= 0.6 is 0 Å². The van der Waals surface area contributed by atoms with E-state index in [2.05, 4.69) is 43.5 Å². The lowest BCUT2D eigenvalue weighted by molar-refractivity contribution is -0.143. The fourth-order valence-corrected chi connectivity index (χ4v) is 11.1. The summed E-state index contributed by atoms with van der Waals surface area (Å²) in [6.07, 6.45) is 83.9. The lowest BCUT2D eigenvalue weighted by Gasteiger charge is -2.22. The zero-order valence-corrected chi connectivity index (χ0v) is 52.2. The molecule has 0 saturated carbocycles. The summed E-state index contributed by atoms with van der Waals surface area (Å²) in [4.78, 5) is 24.5. The molecular weight excluding hydrogens is 947 g/mol. The summed E-state index contributed by atoms with van der Waals surface area (Å²) in [5, 5.41) is 23.2. The molecular formula is C71H137NO5. The SMILES string of the molecule is CCCC/C=C\C/C=C\CCCCCCCC(=O)OCCCCCCCCCCCCCCCCCCCCCCCCCCCCCCCCCCCCCC(=O)NC(CO)C(O)CCCCCCCCCCCCC. The average molecular weight is 1080 g/mol. The molecule has 0 fully saturated rings. The third-order valence-electron chi connectivity index (χ3n) is 16.5. The van der Waals surface area contributed by atoms with Crippen molar-refractivity contribution in [2.75, 3.05) is 13.2 Å². The Morgan fingerprint density at radius 2 is 0.662 bits per heavy atom. The number of esters is 1. The van der Waals surface area contributed by atoms with E-state index in [0.29, 0.717) is 25.9 Å². The summed E-state index contributed by atoms with van der Waals surface area (Å²) < 4.78 is 5.48. The summed E-state index contributed by atoms with van der Waals surface area (Å²) >= 11 is 0. The summed E-state index contributed by atoms with van der Waals surface area (Å²) in [7, 11) is 0. The van der Waals surface area contributed by atoms with Gasteiger partial charge < -0.3 is 20.3 Å². The molecule has 0 bridgehead atoms. The van der Waals surface area contributed by atoms with Crippen molar-refractivity contribution in [3.63, 3.8) is 0 Å². The van der Waals surface area contributed by atoms with Gasteiger partial charge >= 0.3 is 5.97 Å². The number of nitrogens with one attached hydrogen (secondary N) is 1. The second-order valence-electron chi connectivity index (χ2n) is 24.2. The molecule has 0 saturated heterocycles. The van der Waals surface area contributed by atoms with Gasteiger partial charge in [-0.3, -0.25) is 9.59 Å². The number of amides is 1. The Balaban J connectivity index is 3.28. The van der Waals surface area contributed by atoms with Crippen LogP contribution in [0, 0.1) is 0 Å². The van der Waals surface area contributed by atoms with Crippen LogP contribution in [0.25, 0.3) is 0 Å². The van der Waals surface area contributed by atoms with Crippen LogP contribution in [-0.2, 0) is 14.3 Å². The van der Waals surface area contributed by atoms with Crippen LogP contribution in [0.1, 0.15) is 393 Å². The monoisotopic (exact) mass is 1080 g/mol. The second-order valence-corrected chi connectivity index (χ2v) is 24.2. The Bertz CT molecular complexity index is 1200. The fourth-order valence-electron chi connectivity index (χ4n) is 11.1. The number of carbonyl (C=O) groups is 2. The number of rotatable bonds is 66. The predicted octanol–water partition coefficient (Wildman–Crippen LogP) is 22.5. The smallest absolute Gasteiger partial charge is 0.305 e. The molecule has 0 radical (unpaired) electrons. The Hall–Kier alpha value is -1.66. The van der Waals surface area contributed by atoms with Crippen LogP contribution in [0.5, 0.6) is 0 Å². The number of hydrogen-bond acceptors (Lipinski definition) is 5. The minimum Gasteiger partial charge on any atom is -0.466 e. The van der Waals surface area contributed by atoms with Gasteiger partial charge in [-0.25, -0.2) is 0 Å². The van der Waals surface area contributed by atoms with Gasteiger partial charge in [0.25, 0.3) is 0 Å². The number of aliphatic hydroxyl groups excluding tert-OH is 2. The Labute approximate surface area is 481 Å². The van der Waals surface area contributed by atoms with Crippen molar-refractivity contribution in [2.45, 2.75) is 405 Å². The summed E-state index contributed by atoms with van der Waals surface area (Å²) in [6.45, 7) is 4.93. The highest BCUT2D eigenvalue weighted by atomic mass is 16.5. The highest BCUT2D eigenvalue weighted by Gasteiger charge is 2.20. The number of allylic oxidation sites excluding steroid dienone is 4. The highest BCUT2D eigenvalue weighted by molar-refractivity contribution is 5.76. The van der Waals surface area contributed by atoms with Gasteiger partial charge in [-0.05, 0) is 51.4 Å². The van der Waals surface area contributed by atoms with Crippen molar-refractivity contribution in [2.24, 2.45) is 0 Å². The predicted molar refractivity (Wildman–Crippen MR) is 338 cm³/mol. The average Bonchev–Trinajstić information content (AvgIpc) is 3.43. The van der Waals surface area contributed by atoms with E-state index in [0.717, 1.165) is 51.4 Å². The van der Waals surface area contributed by atoms with Gasteiger partial charge in [-0.2, -0.15) is 0 Å². The van der Waals surface area contributed by atoms with E-state index in [4.69, 9.17) is 4.74 Å². The lowest BCUT2D eigenvalue weighted by Crippen LogP contribution is -2.45. The molecule has 0 aromatic heterocycles. The number of unbranched alkanes of at least 4 members (excludes halogenated alkanes) is 51. The van der Waals surface area contributed by atoms with Crippen LogP contribution in [0.4, 0.5) is 0 Å². The van der Waals surface area contributed by atoms with E-state index >= 15 is 0 Å². The molecule has 2 atom stereocenters. The molecule has 2 unspecified atom stereocenters. The van der Waals surface area contributed by atoms with Gasteiger partial charge in [0.1, 0.15) is 0 Å². The van der Waals surface area contributed by atoms with Crippen molar-refractivity contribution >= 4 is 11.9 Å². The summed E-state index contributed by atoms with van der Waals surface area (Å²) in [5.74, 6) is -0.0205. The maximum absolute atomic E-state index is 12.5. The maximum atomic E-state index is 12.5. The first kappa shape index (κ1) is 75.3. The third-order valence-corrected chi connectivity index (χ3v) is 16.5. The first-order valence-corrected chi connectivity index (χ1v) is 35.1. The van der Waals surface area contributed by atoms with E-state index in [1.807, 2.05) is 0 Å². The van der Waals surface area contributed by atoms with Crippen LogP contribution in [0.2, 0.25) is 0 Å². The molecule has 0 spiro atoms. The number of ether oxygens (including phenoxy) is 1. The third kappa shape index (κ3) is 63.4. The van der Waals surface area contributed by atoms with Gasteiger partial charge in [-0.1, -0.05) is 353 Å². The molecule has 456 valence electrons. The fraction of sp³-hybridized carbons (Fsp3) is 0.915. The number of carbonyl (C=O) groups excluding carboxylic acids is 2. The van der Waals surface area contributed by atoms with Crippen molar-refractivity contribution < 1.29 is 24.5 Å². The molecule has 0 aromatic rings. The minimum absolute atomic E-state index is 0.00827. The molecule has 3 N–H and O–H groups in total. The van der Waals surface area contributed by atoms with E-state index < -0.39 is 12.1 Å². The molecule has 0 heterocycles. The first-order valence-electron chi connectivity index (χ1n) is 35.1. The van der Waals surface area contributed by atoms with Crippen molar-refractivity contribution in [1.29, 1.82) is 0 Å². The Morgan fingerprint density at radius 3 is 1.03 bits per heavy atom. The standard InChI is InChI=1S/C71H137NO5/c1-3-5-7-9-11-13-15-16-41-45-49-53-57-61-65-71(76)77-66-62-58-54-50-46-42-39-37-35-33-31-29-27-25-23-21-19-17-18-20-22-24-26-28-30-32-34-36-38-40-44-48-52-56-60-64-70(75)72-68(67-73)69(74)63-59-55-51-47-43-14-12-10-8-6-4-2/h9,11,15-16,68-69,73-74H,3-8,10,12-14,17-67H2,1-2H3,(H,72,75)/b11-9-,16-15-. The van der Waals surface area contributed by atoms with Crippen LogP contribution in [-0.4, -0.2) is 47.4 Å². The molecule has 0 aliphatic rings. The van der Waals surface area contributed by atoms with Gasteiger partial charge in [0.2, 0.25) is 5.91 Å². The molecule has 6 heteroatoms. The number of aliphatic hydroxyl groups is 2. The van der Waals surface area contributed by atoms with Crippen LogP contribution in [0.3, 0.4) is 0 Å². The van der Waals surface area contributed by atoms with E-state index in [1.54, 1.807) is 0 Å². The van der Waals surface area contributed by atoms with Crippen molar-refractivity contribution in [3.05, 3.63) is 24.3 Å². The summed E-state index contributed by atoms with van der Waals surface area (Å²) in [6, 6.07) is -0.535. The first-order chi connectivity index (χ1) is 38.0. The zero-order chi connectivity index (χ0) is 55.7. The van der Waals surface area contributed by atoms with Gasteiger partial charge in [0, 0.05) is 12.8 Å². The van der Waals surface area contributed by atoms with Crippen LogP contribution in [0.15, 0.2) is 24.3 Å². The normalized spacial score (nSPS) is 12.6. The molecule has 6 nitrogen and oxygen atoms in total. The van der Waals surface area contributed by atoms with Crippen molar-refractivity contribution in [1.82, 2.24) is 5.32 Å². The Kier molecular flexibility index (Phi) is 65.4. The van der Waals surface area contributed by atoms with Crippen LogP contribution < -0.4 is 5.32 Å². The molecule has 0 rings (SSSR count). The highest BCUT2D eigenvalue weighted by Crippen LogP contribution is 2.19. The number of hydrogen-bond donors (Lipinski definition) is 3. The van der Waals surface area contributed by atoms with E-state index in [9.17, 15) is 19.8 Å². The Morgan fingerprint density at radius 1 is 0.364 bits per heavy atom. The maximum Gasteiger partial charge on any atom is 0.305 e. The zero-order valence-electron chi connectivity index (χ0n) is 52.2. The second kappa shape index (κ2) is 66.8. The van der Waals surface area contributed by atoms with E-state index in [1.165, 1.54) is 308 Å². The topological polar surface area (TPSA) is 95.9 Å². The van der Waals surface area contributed by atoms with Gasteiger partial charge in [0.05, 0.1) is 25.4 Å². The summed E-state index contributed by atoms with van der Waals surface area (Å²) in [5.41, 5.74) is 0. The molecule has 77 heavy (non-hydrogen) atoms. The molecule has 0 aromatic carbocycles. The van der Waals surface area contributed by atoms with E-state index in [-0.39, 0.29) is 18.5 Å². The minimum atomic E-state index is -0.658. The molecule has 0 aliphatic heterocycles. The van der Waals surface area contributed by atoms with Gasteiger partial charge in [-0.15, -0.1) is 0 Å². The molecule has 0 aliphatic carbocycles. The largest absolute Gasteiger partial charge is 0.466 e. The van der Waals surface area contributed by atoms with Crippen molar-refractivity contribution in [3.8, 4) is 0 Å². The quantitative estimate of drug-likeness (QED) is 0.0320.